The van der Waals surface area contributed by atoms with Gasteiger partial charge in [0.1, 0.15) is 0 Å². The average Bonchev–Trinajstić information content (AvgIpc) is 3.09. The third-order valence-corrected chi connectivity index (χ3v) is 5.12. The van der Waals surface area contributed by atoms with E-state index in [9.17, 15) is 0 Å². The van der Waals surface area contributed by atoms with Gasteiger partial charge in [-0.3, -0.25) is 0 Å². The molecule has 0 aromatic carbocycles. The zero-order valence-electron chi connectivity index (χ0n) is 15.8. The molecule has 2 fully saturated rings. The Morgan fingerprint density at radius 3 is 1.86 bits per heavy atom. The molecule has 128 valence electrons. The van der Waals surface area contributed by atoms with Crippen LogP contribution in [0, 0.1) is 11.8 Å². The highest BCUT2D eigenvalue weighted by atomic mass is 14.2. The first kappa shape index (κ1) is 19.5. The zero-order valence-corrected chi connectivity index (χ0v) is 15.8. The number of hydrogen-bond donors (Lipinski definition) is 0. The van der Waals surface area contributed by atoms with Crippen LogP contribution in [-0.4, -0.2) is 0 Å². The van der Waals surface area contributed by atoms with Crippen LogP contribution in [0.25, 0.3) is 0 Å². The van der Waals surface area contributed by atoms with Crippen LogP contribution in [0.2, 0.25) is 0 Å². The third kappa shape index (κ3) is 8.81. The first-order valence-electron chi connectivity index (χ1n) is 10.0. The van der Waals surface area contributed by atoms with Crippen LogP contribution in [0.3, 0.4) is 0 Å². The number of rotatable bonds is 6. The molecular weight excluding hydrogens is 264 g/mol. The van der Waals surface area contributed by atoms with Crippen molar-refractivity contribution in [2.24, 2.45) is 11.8 Å². The topological polar surface area (TPSA) is 0 Å². The highest BCUT2D eigenvalue weighted by Crippen LogP contribution is 2.30. The molecule has 0 heteroatoms. The van der Waals surface area contributed by atoms with Gasteiger partial charge in [-0.15, -0.1) is 0 Å². The van der Waals surface area contributed by atoms with E-state index in [2.05, 4.69) is 39.8 Å². The lowest BCUT2D eigenvalue weighted by molar-refractivity contribution is 0.619. The second kappa shape index (κ2) is 12.0. The predicted molar refractivity (Wildman–Crippen MR) is 101 cm³/mol. The molecule has 2 rings (SSSR count). The summed E-state index contributed by atoms with van der Waals surface area (Å²) in [6, 6.07) is 0. The molecule has 2 saturated carbocycles. The minimum absolute atomic E-state index is 0.960. The Kier molecular flexibility index (Phi) is 10.6. The van der Waals surface area contributed by atoms with Gasteiger partial charge in [-0.1, -0.05) is 70.3 Å². The van der Waals surface area contributed by atoms with Gasteiger partial charge >= 0.3 is 0 Å². The van der Waals surface area contributed by atoms with Crippen molar-refractivity contribution in [1.29, 1.82) is 0 Å². The summed E-state index contributed by atoms with van der Waals surface area (Å²) in [5.74, 6) is 1.92. The molecule has 2 atom stereocenters. The molecule has 22 heavy (non-hydrogen) atoms. The summed E-state index contributed by atoms with van der Waals surface area (Å²) in [6.07, 6.45) is 21.4. The number of unbranched alkanes of at least 4 members (excludes halogenated alkanes) is 4. The van der Waals surface area contributed by atoms with E-state index in [0.29, 0.717) is 0 Å². The summed E-state index contributed by atoms with van der Waals surface area (Å²) in [4.78, 5) is 0. The molecule has 0 nitrogen and oxygen atoms in total. The van der Waals surface area contributed by atoms with Gasteiger partial charge < -0.3 is 0 Å². The molecule has 0 radical (unpaired) electrons. The highest BCUT2D eigenvalue weighted by molar-refractivity contribution is 5.07. The fraction of sp³-hybridized carbons (Fsp3) is 0.818. The van der Waals surface area contributed by atoms with Crippen molar-refractivity contribution in [2.75, 3.05) is 0 Å². The molecule has 0 aromatic rings. The first-order chi connectivity index (χ1) is 10.7. The maximum absolute atomic E-state index is 2.51. The minimum atomic E-state index is 0.960. The predicted octanol–water partition coefficient (Wildman–Crippen LogP) is 7.85. The molecule has 0 spiro atoms. The molecule has 2 aliphatic rings. The van der Waals surface area contributed by atoms with Gasteiger partial charge in [0.05, 0.1) is 0 Å². The van der Waals surface area contributed by atoms with Crippen LogP contribution >= 0.6 is 0 Å². The van der Waals surface area contributed by atoms with Crippen molar-refractivity contribution in [3.05, 3.63) is 23.3 Å². The summed E-state index contributed by atoms with van der Waals surface area (Å²) in [5, 5.41) is 0. The summed E-state index contributed by atoms with van der Waals surface area (Å²) < 4.78 is 0. The molecule has 0 N–H and O–H groups in total. The van der Waals surface area contributed by atoms with Crippen molar-refractivity contribution in [2.45, 2.75) is 105 Å². The van der Waals surface area contributed by atoms with Crippen LogP contribution in [0.5, 0.6) is 0 Å². The van der Waals surface area contributed by atoms with Crippen molar-refractivity contribution in [3.63, 3.8) is 0 Å². The fourth-order valence-electron chi connectivity index (χ4n) is 3.70. The Morgan fingerprint density at radius 1 is 0.818 bits per heavy atom. The molecule has 0 heterocycles. The van der Waals surface area contributed by atoms with Gasteiger partial charge in [0.2, 0.25) is 0 Å². The third-order valence-electron chi connectivity index (χ3n) is 5.12. The summed E-state index contributed by atoms with van der Waals surface area (Å²) in [5.41, 5.74) is 3.44. The second-order valence-corrected chi connectivity index (χ2v) is 7.68. The SMILES string of the molecule is CCC=C1CCC(C)C1.CCCCCCC=C1CCC(C)C1. The van der Waals surface area contributed by atoms with Crippen LogP contribution < -0.4 is 0 Å². The standard InChI is InChI=1S/C13H24.C9H16/c1-3-4-5-6-7-8-13-10-9-12(2)11-13;1-3-4-9-6-5-8(2)7-9/h8,12H,3-7,9-11H2,1-2H3;4,8H,3,5-7H2,1-2H3. The van der Waals surface area contributed by atoms with Gasteiger partial charge in [-0.2, -0.15) is 0 Å². The van der Waals surface area contributed by atoms with Gasteiger partial charge in [-0.25, -0.2) is 0 Å². The maximum atomic E-state index is 2.51. The minimum Gasteiger partial charge on any atom is -0.0856 e. The van der Waals surface area contributed by atoms with Crippen molar-refractivity contribution in [3.8, 4) is 0 Å². The second-order valence-electron chi connectivity index (χ2n) is 7.68. The van der Waals surface area contributed by atoms with Crippen molar-refractivity contribution in [1.82, 2.24) is 0 Å². The summed E-state index contributed by atoms with van der Waals surface area (Å²) in [7, 11) is 0. The fourth-order valence-corrected chi connectivity index (χ4v) is 3.70. The van der Waals surface area contributed by atoms with E-state index in [1.165, 1.54) is 77.0 Å². The van der Waals surface area contributed by atoms with Gasteiger partial charge in [0, 0.05) is 0 Å². The Bertz CT molecular complexity index is 334. The number of allylic oxidation sites excluding steroid dienone is 4. The molecule has 0 bridgehead atoms. The lowest BCUT2D eigenvalue weighted by atomic mass is 10.1. The first-order valence-corrected chi connectivity index (χ1v) is 10.0. The van der Waals surface area contributed by atoms with E-state index in [0.717, 1.165) is 11.8 Å². The quantitative estimate of drug-likeness (QED) is 0.346. The smallest absolute Gasteiger partial charge is 0.0294 e. The maximum Gasteiger partial charge on any atom is -0.0294 e. The Balaban J connectivity index is 0.000000235. The number of hydrogen-bond acceptors (Lipinski definition) is 0. The monoisotopic (exact) mass is 304 g/mol. The Morgan fingerprint density at radius 2 is 1.41 bits per heavy atom. The summed E-state index contributed by atoms with van der Waals surface area (Å²) in [6.45, 7) is 9.21. The normalized spacial score (nSPS) is 28.2. The van der Waals surface area contributed by atoms with Crippen LogP contribution in [0.15, 0.2) is 23.3 Å². The van der Waals surface area contributed by atoms with E-state index < -0.39 is 0 Å². The van der Waals surface area contributed by atoms with Gasteiger partial charge in [0.25, 0.3) is 0 Å². The van der Waals surface area contributed by atoms with Crippen LogP contribution in [0.1, 0.15) is 105 Å². The molecule has 0 aliphatic heterocycles. The Labute approximate surface area is 140 Å². The van der Waals surface area contributed by atoms with Gasteiger partial charge in [-0.05, 0) is 69.6 Å². The van der Waals surface area contributed by atoms with Crippen molar-refractivity contribution >= 4 is 0 Å². The van der Waals surface area contributed by atoms with E-state index in [-0.39, 0.29) is 0 Å². The molecule has 2 unspecified atom stereocenters. The zero-order chi connectivity index (χ0) is 16.2. The van der Waals surface area contributed by atoms with E-state index in [1.54, 1.807) is 11.1 Å². The molecule has 2 aliphatic carbocycles. The van der Waals surface area contributed by atoms with Crippen LogP contribution in [0.4, 0.5) is 0 Å². The average molecular weight is 305 g/mol. The lowest BCUT2D eigenvalue weighted by Gasteiger charge is -1.98. The van der Waals surface area contributed by atoms with E-state index in [1.807, 2.05) is 0 Å². The Hall–Kier alpha value is -0.520. The summed E-state index contributed by atoms with van der Waals surface area (Å²) >= 11 is 0. The molecule has 0 saturated heterocycles. The lowest BCUT2D eigenvalue weighted by Crippen LogP contribution is -1.81. The van der Waals surface area contributed by atoms with E-state index >= 15 is 0 Å². The molecular formula is C22H40. The van der Waals surface area contributed by atoms with Gasteiger partial charge in [0.15, 0.2) is 0 Å². The molecule has 0 amide bonds. The van der Waals surface area contributed by atoms with Crippen molar-refractivity contribution < 1.29 is 0 Å². The largest absolute Gasteiger partial charge is 0.0856 e. The molecule has 0 aromatic heterocycles. The highest BCUT2D eigenvalue weighted by Gasteiger charge is 2.14. The van der Waals surface area contributed by atoms with Crippen LogP contribution in [-0.2, 0) is 0 Å². The van der Waals surface area contributed by atoms with E-state index in [4.69, 9.17) is 0 Å².